The molecule has 0 saturated heterocycles. The minimum absolute atomic E-state index is 0.0354. The van der Waals surface area contributed by atoms with Crippen molar-refractivity contribution in [3.05, 3.63) is 29.8 Å². The monoisotopic (exact) mass is 783 g/mol. The Labute approximate surface area is 315 Å². The van der Waals surface area contributed by atoms with E-state index in [0.29, 0.717) is 18.4 Å². The lowest BCUT2D eigenvalue weighted by molar-refractivity contribution is -0.142. The summed E-state index contributed by atoms with van der Waals surface area (Å²) in [6.07, 6.45) is -0.457. The van der Waals surface area contributed by atoms with Crippen molar-refractivity contribution in [1.29, 1.82) is 0 Å². The Kier molecular flexibility index (Phi) is 21.3. The number of thiol groups is 1. The summed E-state index contributed by atoms with van der Waals surface area (Å²) in [5.74, 6) is -8.76. The molecule has 0 heterocycles. The standard InChI is InChI=1S/C32H49N9O12S/c33-12-2-1-3-20(29(49)41-23(16-54)31(51)40-21(32(52)53)9-10-24(35)43)39-30(50)22(13-17-4-6-18(42)7-5-17)38-26(45)15-36-25(44)14-37-28(48)19(34)8-11-27(46)47/h4-7,19-23,42,54H,1-3,8-16,33-34H2,(H2,35,43)(H,36,44)(H,37,48)(H,38,45)(H,39,50)(H,40,51)(H,41,49)(H,46,47)(H,52,53). The van der Waals surface area contributed by atoms with Gasteiger partial charge in [0.05, 0.1) is 19.1 Å². The number of primary amides is 1. The van der Waals surface area contributed by atoms with E-state index in [9.17, 15) is 53.4 Å². The highest BCUT2D eigenvalue weighted by molar-refractivity contribution is 7.80. The fourth-order valence-corrected chi connectivity index (χ4v) is 4.85. The van der Waals surface area contributed by atoms with Gasteiger partial charge in [-0.25, -0.2) is 4.79 Å². The molecule has 0 aliphatic heterocycles. The molecular formula is C32H49N9O12S. The number of carbonyl (C=O) groups is 9. The van der Waals surface area contributed by atoms with Gasteiger partial charge in [0, 0.05) is 25.0 Å². The number of hydrogen-bond acceptors (Lipinski definition) is 13. The van der Waals surface area contributed by atoms with Gasteiger partial charge in [0.2, 0.25) is 41.4 Å². The SMILES string of the molecule is NCCCCC(NC(=O)C(Cc1ccc(O)cc1)NC(=O)CNC(=O)CNC(=O)C(N)CCC(=O)O)C(=O)NC(CS)C(=O)NC(CCC(N)=O)C(=O)O. The Morgan fingerprint density at radius 3 is 1.81 bits per heavy atom. The molecule has 22 heteroatoms. The van der Waals surface area contributed by atoms with Crippen molar-refractivity contribution >= 4 is 65.9 Å². The van der Waals surface area contributed by atoms with E-state index in [1.165, 1.54) is 24.3 Å². The first-order valence-electron chi connectivity index (χ1n) is 16.8. The molecule has 0 bridgehead atoms. The molecule has 0 aliphatic rings. The number of nitrogens with two attached hydrogens (primary N) is 3. The Balaban J connectivity index is 3.07. The van der Waals surface area contributed by atoms with Crippen molar-refractivity contribution in [2.75, 3.05) is 25.4 Å². The number of aliphatic carboxylic acids is 2. The molecule has 0 radical (unpaired) electrons. The summed E-state index contributed by atoms with van der Waals surface area (Å²) in [6, 6.07) is -0.994. The van der Waals surface area contributed by atoms with Gasteiger partial charge >= 0.3 is 11.9 Å². The van der Waals surface area contributed by atoms with Gasteiger partial charge in [-0.3, -0.25) is 38.4 Å². The molecule has 300 valence electrons. The Bertz CT molecular complexity index is 1480. The maximum atomic E-state index is 13.6. The molecule has 0 aromatic heterocycles. The first-order chi connectivity index (χ1) is 25.5. The number of carbonyl (C=O) groups excluding carboxylic acids is 7. The number of carboxylic acids is 2. The third-order valence-electron chi connectivity index (χ3n) is 7.59. The zero-order valence-corrected chi connectivity index (χ0v) is 30.3. The molecule has 7 amide bonds. The smallest absolute Gasteiger partial charge is 0.326 e. The third kappa shape index (κ3) is 18.8. The van der Waals surface area contributed by atoms with Gasteiger partial charge in [-0.1, -0.05) is 12.1 Å². The molecule has 54 heavy (non-hydrogen) atoms. The normalized spacial score (nSPS) is 13.5. The van der Waals surface area contributed by atoms with Crippen LogP contribution in [0, 0.1) is 0 Å². The van der Waals surface area contributed by atoms with Crippen LogP contribution >= 0.6 is 12.6 Å². The lowest BCUT2D eigenvalue weighted by atomic mass is 10.0. The Morgan fingerprint density at radius 1 is 0.667 bits per heavy atom. The predicted molar refractivity (Wildman–Crippen MR) is 193 cm³/mol. The molecule has 1 aromatic rings. The van der Waals surface area contributed by atoms with Crippen molar-refractivity contribution in [2.24, 2.45) is 17.2 Å². The second-order valence-electron chi connectivity index (χ2n) is 12.0. The molecule has 15 N–H and O–H groups in total. The first-order valence-corrected chi connectivity index (χ1v) is 17.4. The van der Waals surface area contributed by atoms with Gasteiger partial charge in [0.1, 0.15) is 29.9 Å². The largest absolute Gasteiger partial charge is 0.508 e. The molecule has 0 saturated carbocycles. The molecule has 5 unspecified atom stereocenters. The van der Waals surface area contributed by atoms with Crippen molar-refractivity contribution in [3.63, 3.8) is 0 Å². The average Bonchev–Trinajstić information content (AvgIpc) is 3.12. The summed E-state index contributed by atoms with van der Waals surface area (Å²) in [7, 11) is 0. The molecule has 1 aromatic carbocycles. The van der Waals surface area contributed by atoms with Gasteiger partial charge in [0.25, 0.3) is 0 Å². The number of unbranched alkanes of at least 4 members (excludes halogenated alkanes) is 1. The minimum atomic E-state index is -1.49. The predicted octanol–water partition coefficient (Wildman–Crippen LogP) is -4.29. The Morgan fingerprint density at radius 2 is 1.24 bits per heavy atom. The lowest BCUT2D eigenvalue weighted by Gasteiger charge is -2.26. The number of benzene rings is 1. The topological polar surface area (TPSA) is 365 Å². The van der Waals surface area contributed by atoms with Crippen LogP contribution < -0.4 is 49.1 Å². The van der Waals surface area contributed by atoms with Gasteiger partial charge < -0.3 is 64.4 Å². The Hall–Kier alpha value is -5.48. The van der Waals surface area contributed by atoms with Crippen molar-refractivity contribution in [2.45, 2.75) is 81.6 Å². The number of phenolic OH excluding ortho intramolecular Hbond substituents is 1. The second kappa shape index (κ2) is 24.7. The fraction of sp³-hybridized carbons (Fsp3) is 0.531. The van der Waals surface area contributed by atoms with E-state index < -0.39 is 96.6 Å². The molecular weight excluding hydrogens is 734 g/mol. The van der Waals surface area contributed by atoms with Crippen LogP contribution in [0.15, 0.2) is 24.3 Å². The van der Waals surface area contributed by atoms with Crippen LogP contribution in [-0.2, 0) is 49.6 Å². The highest BCUT2D eigenvalue weighted by Crippen LogP contribution is 2.12. The van der Waals surface area contributed by atoms with E-state index in [-0.39, 0.29) is 56.6 Å². The number of carboxylic acid groups (broad SMARTS) is 2. The molecule has 21 nitrogen and oxygen atoms in total. The number of rotatable bonds is 26. The van der Waals surface area contributed by atoms with Gasteiger partial charge in [-0.2, -0.15) is 12.6 Å². The quantitative estimate of drug-likeness (QED) is 0.0313. The highest BCUT2D eigenvalue weighted by atomic mass is 32.1. The zero-order chi connectivity index (χ0) is 40.8. The minimum Gasteiger partial charge on any atom is -0.508 e. The van der Waals surface area contributed by atoms with Crippen molar-refractivity contribution < 1.29 is 58.5 Å². The van der Waals surface area contributed by atoms with Crippen LogP contribution in [0.1, 0.15) is 50.5 Å². The van der Waals surface area contributed by atoms with Crippen LogP contribution in [0.5, 0.6) is 5.75 Å². The number of amides is 7. The number of nitrogens with one attached hydrogen (secondary N) is 6. The van der Waals surface area contributed by atoms with E-state index in [2.05, 4.69) is 44.5 Å². The summed E-state index contributed by atoms with van der Waals surface area (Å²) in [4.78, 5) is 111. The van der Waals surface area contributed by atoms with E-state index in [1.807, 2.05) is 0 Å². The summed E-state index contributed by atoms with van der Waals surface area (Å²) in [5, 5.41) is 42.0. The van der Waals surface area contributed by atoms with Gasteiger partial charge in [-0.05, 0) is 56.3 Å². The van der Waals surface area contributed by atoms with E-state index in [0.717, 1.165) is 0 Å². The molecule has 0 fully saturated rings. The molecule has 0 aliphatic carbocycles. The number of aromatic hydroxyl groups is 1. The summed E-state index contributed by atoms with van der Waals surface area (Å²) in [5.41, 5.74) is 16.8. The van der Waals surface area contributed by atoms with Crippen molar-refractivity contribution in [3.8, 4) is 5.75 Å². The first kappa shape index (κ1) is 46.5. The molecule has 0 spiro atoms. The average molecular weight is 784 g/mol. The second-order valence-corrected chi connectivity index (χ2v) is 12.4. The summed E-state index contributed by atoms with van der Waals surface area (Å²) < 4.78 is 0. The molecule has 5 atom stereocenters. The van der Waals surface area contributed by atoms with E-state index in [4.69, 9.17) is 22.3 Å². The zero-order valence-electron chi connectivity index (χ0n) is 29.4. The van der Waals surface area contributed by atoms with Crippen LogP contribution in [0.4, 0.5) is 0 Å². The fourth-order valence-electron chi connectivity index (χ4n) is 4.59. The lowest BCUT2D eigenvalue weighted by Crippen LogP contribution is -2.58. The van der Waals surface area contributed by atoms with Crippen LogP contribution in [0.2, 0.25) is 0 Å². The van der Waals surface area contributed by atoms with Gasteiger partial charge in [0.15, 0.2) is 0 Å². The number of phenols is 1. The number of hydrogen-bond donors (Lipinski definition) is 13. The maximum absolute atomic E-state index is 13.6. The van der Waals surface area contributed by atoms with Gasteiger partial charge in [-0.15, -0.1) is 0 Å². The van der Waals surface area contributed by atoms with E-state index in [1.54, 1.807) is 0 Å². The summed E-state index contributed by atoms with van der Waals surface area (Å²) in [6.45, 7) is -0.965. The third-order valence-corrected chi connectivity index (χ3v) is 7.96. The molecule has 1 rings (SSSR count). The summed E-state index contributed by atoms with van der Waals surface area (Å²) >= 11 is 4.09. The highest BCUT2D eigenvalue weighted by Gasteiger charge is 2.31. The van der Waals surface area contributed by atoms with E-state index >= 15 is 0 Å². The van der Waals surface area contributed by atoms with Crippen LogP contribution in [0.3, 0.4) is 0 Å². The van der Waals surface area contributed by atoms with Crippen LogP contribution in [0.25, 0.3) is 0 Å². The maximum Gasteiger partial charge on any atom is 0.326 e. The van der Waals surface area contributed by atoms with Crippen LogP contribution in [-0.4, -0.2) is 124 Å². The van der Waals surface area contributed by atoms with Crippen molar-refractivity contribution in [1.82, 2.24) is 31.9 Å².